The minimum atomic E-state index is 0.717. The fourth-order valence-corrected chi connectivity index (χ4v) is 2.79. The van der Waals surface area contributed by atoms with Crippen LogP contribution in [-0.2, 0) is 11.3 Å². The first-order valence-electron chi connectivity index (χ1n) is 6.61. The summed E-state index contributed by atoms with van der Waals surface area (Å²) in [7, 11) is 1.70. The minimum absolute atomic E-state index is 0.717. The highest BCUT2D eigenvalue weighted by molar-refractivity contribution is 14.1. The molecular weight excluding hydrogens is 445 g/mol. The van der Waals surface area contributed by atoms with Gasteiger partial charge in [-0.2, -0.15) is 0 Å². The van der Waals surface area contributed by atoms with Crippen molar-refractivity contribution in [2.24, 2.45) is 0 Å². The zero-order valence-corrected chi connectivity index (χ0v) is 15.5. The highest BCUT2D eigenvalue weighted by Crippen LogP contribution is 2.32. The van der Waals surface area contributed by atoms with Crippen LogP contribution in [0, 0.1) is 3.57 Å². The average Bonchev–Trinajstić information content (AvgIpc) is 2.48. The number of nitrogens with one attached hydrogen (secondary N) is 1. The molecule has 2 aromatic rings. The standard InChI is InChI=1S/C16H17BrINO2/c1-20-9-8-19-11-12-6-7-15(13(17)10-12)21-16-5-3-2-4-14(16)18/h2-7,10,19H,8-9,11H2,1H3. The summed E-state index contributed by atoms with van der Waals surface area (Å²) in [6.45, 7) is 2.37. The van der Waals surface area contributed by atoms with Crippen molar-refractivity contribution < 1.29 is 9.47 Å². The molecule has 0 saturated heterocycles. The zero-order chi connectivity index (χ0) is 15.1. The monoisotopic (exact) mass is 461 g/mol. The highest BCUT2D eigenvalue weighted by atomic mass is 127. The Morgan fingerprint density at radius 2 is 1.95 bits per heavy atom. The molecule has 2 aromatic carbocycles. The molecule has 2 rings (SSSR count). The summed E-state index contributed by atoms with van der Waals surface area (Å²) >= 11 is 5.84. The lowest BCUT2D eigenvalue weighted by molar-refractivity contribution is 0.199. The van der Waals surface area contributed by atoms with E-state index < -0.39 is 0 Å². The fourth-order valence-electron chi connectivity index (χ4n) is 1.79. The number of halogens is 2. The number of benzene rings is 2. The fraction of sp³-hybridized carbons (Fsp3) is 0.250. The number of rotatable bonds is 7. The van der Waals surface area contributed by atoms with Crippen LogP contribution in [0.2, 0.25) is 0 Å². The number of hydrogen-bond donors (Lipinski definition) is 1. The average molecular weight is 462 g/mol. The van der Waals surface area contributed by atoms with E-state index in [0.29, 0.717) is 0 Å². The third-order valence-electron chi connectivity index (χ3n) is 2.86. The normalized spacial score (nSPS) is 10.6. The SMILES string of the molecule is COCCNCc1ccc(Oc2ccccc2I)c(Br)c1. The summed E-state index contributed by atoms with van der Waals surface area (Å²) in [5.74, 6) is 1.68. The Bertz CT molecular complexity index is 592. The topological polar surface area (TPSA) is 30.5 Å². The van der Waals surface area contributed by atoms with Gasteiger partial charge in [0.15, 0.2) is 0 Å². The summed E-state index contributed by atoms with van der Waals surface area (Å²) in [5.41, 5.74) is 1.20. The van der Waals surface area contributed by atoms with Gasteiger partial charge in [-0.15, -0.1) is 0 Å². The van der Waals surface area contributed by atoms with Crippen molar-refractivity contribution in [1.29, 1.82) is 0 Å². The largest absolute Gasteiger partial charge is 0.455 e. The molecule has 0 heterocycles. The Morgan fingerprint density at radius 1 is 1.14 bits per heavy atom. The second-order valence-electron chi connectivity index (χ2n) is 4.47. The van der Waals surface area contributed by atoms with E-state index in [-0.39, 0.29) is 0 Å². The smallest absolute Gasteiger partial charge is 0.141 e. The Labute approximate surface area is 147 Å². The number of methoxy groups -OCH3 is 1. The molecule has 0 saturated carbocycles. The molecule has 3 nitrogen and oxygen atoms in total. The number of para-hydroxylation sites is 1. The molecule has 1 N–H and O–H groups in total. The van der Waals surface area contributed by atoms with Gasteiger partial charge >= 0.3 is 0 Å². The van der Waals surface area contributed by atoms with E-state index in [1.165, 1.54) is 5.56 Å². The second kappa shape index (κ2) is 8.73. The predicted octanol–water partition coefficient (Wildman–Crippen LogP) is 4.58. The third-order valence-corrected chi connectivity index (χ3v) is 4.38. The van der Waals surface area contributed by atoms with Crippen LogP contribution >= 0.6 is 38.5 Å². The van der Waals surface area contributed by atoms with E-state index in [1.807, 2.05) is 30.3 Å². The van der Waals surface area contributed by atoms with E-state index in [2.05, 4.69) is 56.0 Å². The van der Waals surface area contributed by atoms with E-state index in [0.717, 1.165) is 39.2 Å². The van der Waals surface area contributed by atoms with Crippen LogP contribution in [0.25, 0.3) is 0 Å². The molecule has 0 radical (unpaired) electrons. The molecule has 21 heavy (non-hydrogen) atoms. The molecule has 0 aromatic heterocycles. The van der Waals surface area contributed by atoms with Gasteiger partial charge in [0.2, 0.25) is 0 Å². The molecule has 0 aliphatic rings. The van der Waals surface area contributed by atoms with Gasteiger partial charge in [0, 0.05) is 20.2 Å². The van der Waals surface area contributed by atoms with Crippen molar-refractivity contribution in [2.75, 3.05) is 20.3 Å². The van der Waals surface area contributed by atoms with Crippen LogP contribution in [0.1, 0.15) is 5.56 Å². The molecule has 0 bridgehead atoms. The van der Waals surface area contributed by atoms with E-state index in [1.54, 1.807) is 7.11 Å². The van der Waals surface area contributed by atoms with Gasteiger partial charge in [0.25, 0.3) is 0 Å². The van der Waals surface area contributed by atoms with Gasteiger partial charge in [-0.25, -0.2) is 0 Å². The molecule has 0 atom stereocenters. The van der Waals surface area contributed by atoms with Gasteiger partial charge in [-0.3, -0.25) is 0 Å². The van der Waals surface area contributed by atoms with Gasteiger partial charge in [0.05, 0.1) is 14.6 Å². The maximum absolute atomic E-state index is 5.94. The number of ether oxygens (including phenoxy) is 2. The van der Waals surface area contributed by atoms with Crippen LogP contribution in [0.4, 0.5) is 0 Å². The summed E-state index contributed by atoms with van der Waals surface area (Å²) < 4.78 is 13.0. The zero-order valence-electron chi connectivity index (χ0n) is 11.7. The van der Waals surface area contributed by atoms with Gasteiger partial charge in [0.1, 0.15) is 11.5 Å². The first-order chi connectivity index (χ1) is 10.2. The predicted molar refractivity (Wildman–Crippen MR) is 97.0 cm³/mol. The summed E-state index contributed by atoms with van der Waals surface area (Å²) in [6, 6.07) is 14.1. The molecule has 0 unspecified atom stereocenters. The van der Waals surface area contributed by atoms with Crippen LogP contribution in [0.15, 0.2) is 46.9 Å². The maximum Gasteiger partial charge on any atom is 0.141 e. The molecule has 5 heteroatoms. The first-order valence-corrected chi connectivity index (χ1v) is 8.48. The second-order valence-corrected chi connectivity index (χ2v) is 6.48. The lowest BCUT2D eigenvalue weighted by Gasteiger charge is -2.11. The molecule has 0 amide bonds. The Kier molecular flexibility index (Phi) is 6.95. The van der Waals surface area contributed by atoms with Crippen LogP contribution in [-0.4, -0.2) is 20.3 Å². The number of hydrogen-bond acceptors (Lipinski definition) is 3. The molecule has 0 aliphatic heterocycles. The van der Waals surface area contributed by atoms with Crippen molar-refractivity contribution in [3.63, 3.8) is 0 Å². The lowest BCUT2D eigenvalue weighted by atomic mass is 10.2. The van der Waals surface area contributed by atoms with Crippen molar-refractivity contribution >= 4 is 38.5 Å². The molecular formula is C16H17BrINO2. The summed E-state index contributed by atoms with van der Waals surface area (Å²) in [4.78, 5) is 0. The van der Waals surface area contributed by atoms with E-state index in [9.17, 15) is 0 Å². The van der Waals surface area contributed by atoms with E-state index >= 15 is 0 Å². The summed E-state index contributed by atoms with van der Waals surface area (Å²) in [6.07, 6.45) is 0. The molecule has 0 aliphatic carbocycles. The molecule has 112 valence electrons. The van der Waals surface area contributed by atoms with Gasteiger partial charge in [-0.1, -0.05) is 18.2 Å². The van der Waals surface area contributed by atoms with Crippen molar-refractivity contribution in [3.8, 4) is 11.5 Å². The minimum Gasteiger partial charge on any atom is -0.455 e. The van der Waals surface area contributed by atoms with Gasteiger partial charge in [-0.05, 0) is 68.3 Å². The van der Waals surface area contributed by atoms with Crippen LogP contribution < -0.4 is 10.1 Å². The van der Waals surface area contributed by atoms with Gasteiger partial charge < -0.3 is 14.8 Å². The van der Waals surface area contributed by atoms with Crippen LogP contribution in [0.5, 0.6) is 11.5 Å². The maximum atomic E-state index is 5.94. The highest BCUT2D eigenvalue weighted by Gasteiger charge is 2.06. The Morgan fingerprint density at radius 3 is 2.67 bits per heavy atom. The molecule has 0 spiro atoms. The van der Waals surface area contributed by atoms with E-state index in [4.69, 9.17) is 9.47 Å². The molecule has 0 fully saturated rings. The summed E-state index contributed by atoms with van der Waals surface area (Å²) in [5, 5.41) is 3.32. The first kappa shape index (κ1) is 16.7. The van der Waals surface area contributed by atoms with Crippen molar-refractivity contribution in [3.05, 3.63) is 56.1 Å². The lowest BCUT2D eigenvalue weighted by Crippen LogP contribution is -2.18. The quantitative estimate of drug-likeness (QED) is 0.483. The van der Waals surface area contributed by atoms with Crippen molar-refractivity contribution in [1.82, 2.24) is 5.32 Å². The van der Waals surface area contributed by atoms with Crippen molar-refractivity contribution in [2.45, 2.75) is 6.54 Å². The Balaban J connectivity index is 2.01. The Hall–Kier alpha value is -0.630. The third kappa shape index (κ3) is 5.25. The van der Waals surface area contributed by atoms with Crippen LogP contribution in [0.3, 0.4) is 0 Å².